The minimum Gasteiger partial charge on any atom is -0.390 e. The molecule has 0 rings (SSSR count). The molecule has 3 heteroatoms. The summed E-state index contributed by atoms with van der Waals surface area (Å²) in [6.07, 6.45) is 0.781. The quantitative estimate of drug-likeness (QED) is 0.663. The van der Waals surface area contributed by atoms with Crippen LogP contribution in [0.1, 0.15) is 27.2 Å². The predicted octanol–water partition coefficient (Wildman–Crippen LogP) is 1.16. The Bertz CT molecular complexity index is 80.2. The van der Waals surface area contributed by atoms with Gasteiger partial charge in [-0.1, -0.05) is 6.92 Å². The molecule has 0 saturated heterocycles. The highest BCUT2D eigenvalue weighted by atomic mass is 35.5. The molecular weight excluding hydrogens is 150 g/mol. The minimum atomic E-state index is -0.557. The van der Waals surface area contributed by atoms with E-state index < -0.39 is 5.60 Å². The van der Waals surface area contributed by atoms with E-state index in [9.17, 15) is 5.11 Å². The van der Waals surface area contributed by atoms with Gasteiger partial charge in [-0.2, -0.15) is 0 Å². The Labute approximate surface area is 69.2 Å². The molecule has 0 aromatic heterocycles. The first-order valence-electron chi connectivity index (χ1n) is 3.38. The number of hydrogen-bond donors (Lipinski definition) is 2. The third-order valence-electron chi connectivity index (χ3n) is 1.25. The van der Waals surface area contributed by atoms with Crippen molar-refractivity contribution in [2.75, 3.05) is 6.54 Å². The second kappa shape index (κ2) is 4.94. The van der Waals surface area contributed by atoms with Crippen LogP contribution in [0.15, 0.2) is 0 Å². The molecule has 1 unspecified atom stereocenters. The van der Waals surface area contributed by atoms with Crippen LogP contribution in [0.5, 0.6) is 0 Å². The van der Waals surface area contributed by atoms with Gasteiger partial charge < -0.3 is 10.8 Å². The summed E-state index contributed by atoms with van der Waals surface area (Å²) >= 11 is 0. The van der Waals surface area contributed by atoms with Crippen LogP contribution >= 0.6 is 12.4 Å². The second-order valence-electron chi connectivity index (χ2n) is 3.36. The topological polar surface area (TPSA) is 46.2 Å². The van der Waals surface area contributed by atoms with E-state index in [1.807, 2.05) is 6.92 Å². The van der Waals surface area contributed by atoms with Crippen LogP contribution in [0.4, 0.5) is 0 Å². The highest BCUT2D eigenvalue weighted by molar-refractivity contribution is 5.85. The van der Waals surface area contributed by atoms with E-state index in [0.29, 0.717) is 12.5 Å². The van der Waals surface area contributed by atoms with Gasteiger partial charge in [-0.05, 0) is 32.7 Å². The van der Waals surface area contributed by atoms with E-state index in [2.05, 4.69) is 0 Å². The maximum Gasteiger partial charge on any atom is 0.0594 e. The van der Waals surface area contributed by atoms with Crippen molar-refractivity contribution < 1.29 is 5.11 Å². The molecule has 0 saturated carbocycles. The average molecular weight is 168 g/mol. The van der Waals surface area contributed by atoms with Crippen LogP contribution in [0.2, 0.25) is 0 Å². The van der Waals surface area contributed by atoms with Crippen LogP contribution in [-0.4, -0.2) is 17.3 Å². The molecule has 0 spiro atoms. The first-order valence-corrected chi connectivity index (χ1v) is 3.38. The van der Waals surface area contributed by atoms with Gasteiger partial charge in [0.25, 0.3) is 0 Å². The van der Waals surface area contributed by atoms with Gasteiger partial charge in [0.1, 0.15) is 0 Å². The van der Waals surface area contributed by atoms with Crippen molar-refractivity contribution in [3.63, 3.8) is 0 Å². The molecule has 3 N–H and O–H groups in total. The van der Waals surface area contributed by atoms with Crippen molar-refractivity contribution in [2.24, 2.45) is 11.7 Å². The lowest BCUT2D eigenvalue weighted by Gasteiger charge is -2.20. The Hall–Kier alpha value is 0.210. The molecule has 0 aliphatic heterocycles. The van der Waals surface area contributed by atoms with E-state index >= 15 is 0 Å². The van der Waals surface area contributed by atoms with Gasteiger partial charge in [0.05, 0.1) is 5.60 Å². The van der Waals surface area contributed by atoms with E-state index in [1.165, 1.54) is 0 Å². The monoisotopic (exact) mass is 167 g/mol. The van der Waals surface area contributed by atoms with Gasteiger partial charge in [0.15, 0.2) is 0 Å². The van der Waals surface area contributed by atoms with Crippen LogP contribution in [0.25, 0.3) is 0 Å². The average Bonchev–Trinajstić information content (AvgIpc) is 1.62. The molecule has 0 bridgehead atoms. The Morgan fingerprint density at radius 2 is 1.90 bits per heavy atom. The SMILES string of the molecule is CC(CN)CC(C)(C)O.Cl. The zero-order valence-corrected chi connectivity index (χ0v) is 7.74. The molecule has 0 fully saturated rings. The van der Waals surface area contributed by atoms with Crippen molar-refractivity contribution in [1.82, 2.24) is 0 Å². The van der Waals surface area contributed by atoms with E-state index in [0.717, 1.165) is 6.42 Å². The van der Waals surface area contributed by atoms with Crippen molar-refractivity contribution in [3.8, 4) is 0 Å². The summed E-state index contributed by atoms with van der Waals surface area (Å²) in [6, 6.07) is 0. The van der Waals surface area contributed by atoms with Gasteiger partial charge in [0, 0.05) is 0 Å². The molecular formula is C7H18ClNO. The summed E-state index contributed by atoms with van der Waals surface area (Å²) in [6.45, 7) is 6.31. The normalized spacial score (nSPS) is 14.1. The molecule has 2 nitrogen and oxygen atoms in total. The van der Waals surface area contributed by atoms with Crippen molar-refractivity contribution in [1.29, 1.82) is 0 Å². The van der Waals surface area contributed by atoms with Crippen LogP contribution < -0.4 is 5.73 Å². The lowest BCUT2D eigenvalue weighted by molar-refractivity contribution is 0.0564. The van der Waals surface area contributed by atoms with E-state index in [-0.39, 0.29) is 12.4 Å². The summed E-state index contributed by atoms with van der Waals surface area (Å²) < 4.78 is 0. The van der Waals surface area contributed by atoms with Gasteiger partial charge in [0.2, 0.25) is 0 Å². The highest BCUT2D eigenvalue weighted by Gasteiger charge is 2.15. The minimum absolute atomic E-state index is 0. The zero-order valence-electron chi connectivity index (χ0n) is 6.92. The first kappa shape index (κ1) is 12.8. The summed E-state index contributed by atoms with van der Waals surface area (Å²) in [4.78, 5) is 0. The number of halogens is 1. The fraction of sp³-hybridized carbons (Fsp3) is 1.00. The van der Waals surface area contributed by atoms with E-state index in [1.54, 1.807) is 13.8 Å². The third kappa shape index (κ3) is 8.21. The maximum atomic E-state index is 9.26. The largest absolute Gasteiger partial charge is 0.390 e. The van der Waals surface area contributed by atoms with Crippen molar-refractivity contribution in [3.05, 3.63) is 0 Å². The van der Waals surface area contributed by atoms with Crippen LogP contribution in [0.3, 0.4) is 0 Å². The van der Waals surface area contributed by atoms with E-state index in [4.69, 9.17) is 5.73 Å². The molecule has 64 valence electrons. The number of nitrogens with two attached hydrogens (primary N) is 1. The zero-order chi connectivity index (χ0) is 7.49. The number of rotatable bonds is 3. The summed E-state index contributed by atoms with van der Waals surface area (Å²) in [7, 11) is 0. The van der Waals surface area contributed by atoms with Crippen molar-refractivity contribution in [2.45, 2.75) is 32.8 Å². The third-order valence-corrected chi connectivity index (χ3v) is 1.25. The number of hydrogen-bond acceptors (Lipinski definition) is 2. The molecule has 0 aliphatic carbocycles. The lowest BCUT2D eigenvalue weighted by Crippen LogP contribution is -2.25. The summed E-state index contributed by atoms with van der Waals surface area (Å²) in [5.41, 5.74) is 4.81. The number of aliphatic hydroxyl groups is 1. The Morgan fingerprint density at radius 1 is 1.50 bits per heavy atom. The molecule has 0 amide bonds. The van der Waals surface area contributed by atoms with Crippen LogP contribution in [0, 0.1) is 5.92 Å². The molecule has 0 aliphatic rings. The van der Waals surface area contributed by atoms with Gasteiger partial charge in [-0.15, -0.1) is 12.4 Å². The summed E-state index contributed by atoms with van der Waals surface area (Å²) in [5.74, 6) is 0.421. The Balaban J connectivity index is 0. The molecule has 1 atom stereocenters. The molecule has 0 heterocycles. The second-order valence-corrected chi connectivity index (χ2v) is 3.36. The van der Waals surface area contributed by atoms with Crippen molar-refractivity contribution >= 4 is 12.4 Å². The highest BCUT2D eigenvalue weighted by Crippen LogP contribution is 2.13. The first-order chi connectivity index (χ1) is 3.95. The lowest BCUT2D eigenvalue weighted by atomic mass is 9.95. The smallest absolute Gasteiger partial charge is 0.0594 e. The maximum absolute atomic E-state index is 9.26. The molecule has 10 heavy (non-hydrogen) atoms. The predicted molar refractivity (Wildman–Crippen MR) is 46.4 cm³/mol. The Morgan fingerprint density at radius 3 is 2.00 bits per heavy atom. The summed E-state index contributed by atoms with van der Waals surface area (Å²) in [5, 5.41) is 9.26. The van der Waals surface area contributed by atoms with Crippen LogP contribution in [-0.2, 0) is 0 Å². The van der Waals surface area contributed by atoms with Gasteiger partial charge >= 0.3 is 0 Å². The molecule has 0 radical (unpaired) electrons. The van der Waals surface area contributed by atoms with Gasteiger partial charge in [-0.3, -0.25) is 0 Å². The fourth-order valence-electron chi connectivity index (χ4n) is 0.936. The standard InChI is InChI=1S/C7H17NO.ClH/c1-6(5-8)4-7(2,3)9;/h6,9H,4-5,8H2,1-3H3;1H. The fourth-order valence-corrected chi connectivity index (χ4v) is 0.936. The molecule has 0 aromatic carbocycles. The molecule has 0 aromatic rings. The van der Waals surface area contributed by atoms with Gasteiger partial charge in [-0.25, -0.2) is 0 Å². The Kier molecular flexibility index (Phi) is 6.35.